The Kier molecular flexibility index (Phi) is 7.33. The van der Waals surface area contributed by atoms with Crippen LogP contribution < -0.4 is 10.1 Å². The van der Waals surface area contributed by atoms with Gasteiger partial charge >= 0.3 is 6.18 Å². The van der Waals surface area contributed by atoms with Crippen molar-refractivity contribution < 1.29 is 32.6 Å². The number of hydrogen-bond acceptors (Lipinski definition) is 4. The second-order valence-electron chi connectivity index (χ2n) is 7.55. The molecule has 0 radical (unpaired) electrons. The van der Waals surface area contributed by atoms with Crippen LogP contribution in [0.4, 0.5) is 13.2 Å². The average Bonchev–Trinajstić information content (AvgIpc) is 3.22. The third-order valence-corrected chi connectivity index (χ3v) is 5.14. The monoisotopic (exact) mass is 435 g/mol. The molecule has 5 nitrogen and oxygen atoms in total. The van der Waals surface area contributed by atoms with Gasteiger partial charge in [0.1, 0.15) is 18.5 Å². The van der Waals surface area contributed by atoms with E-state index in [9.17, 15) is 27.9 Å². The number of ketones is 1. The van der Waals surface area contributed by atoms with E-state index in [0.29, 0.717) is 5.56 Å². The van der Waals surface area contributed by atoms with E-state index in [0.717, 1.165) is 31.4 Å². The minimum atomic E-state index is -4.48. The van der Waals surface area contributed by atoms with Crippen molar-refractivity contribution in [3.8, 4) is 5.75 Å². The molecular weight excluding hydrogens is 411 g/mol. The lowest BCUT2D eigenvalue weighted by Crippen LogP contribution is -2.35. The number of carbonyl (C=O) groups is 2. The van der Waals surface area contributed by atoms with Gasteiger partial charge in [0.15, 0.2) is 5.78 Å². The minimum Gasteiger partial charge on any atom is -0.491 e. The topological polar surface area (TPSA) is 75.6 Å². The van der Waals surface area contributed by atoms with Crippen molar-refractivity contribution in [3.63, 3.8) is 0 Å². The molecule has 2 aromatic carbocycles. The first-order valence-corrected chi connectivity index (χ1v) is 10.1. The van der Waals surface area contributed by atoms with Gasteiger partial charge in [-0.1, -0.05) is 18.2 Å². The summed E-state index contributed by atoms with van der Waals surface area (Å²) in [6.45, 7) is -0.416. The molecule has 3 rings (SSSR count). The van der Waals surface area contributed by atoms with Crippen LogP contribution in [-0.4, -0.2) is 36.1 Å². The Labute approximate surface area is 178 Å². The van der Waals surface area contributed by atoms with E-state index in [4.69, 9.17) is 4.74 Å². The number of ether oxygens (including phenoxy) is 1. The highest BCUT2D eigenvalue weighted by Gasteiger charge is 2.30. The lowest BCUT2D eigenvalue weighted by molar-refractivity contribution is -0.137. The fourth-order valence-electron chi connectivity index (χ4n) is 3.45. The van der Waals surface area contributed by atoms with Crippen molar-refractivity contribution in [1.29, 1.82) is 0 Å². The van der Waals surface area contributed by atoms with Gasteiger partial charge < -0.3 is 15.2 Å². The zero-order chi connectivity index (χ0) is 22.4. The first-order chi connectivity index (χ1) is 14.7. The molecule has 0 aromatic heterocycles. The number of amides is 1. The molecule has 31 heavy (non-hydrogen) atoms. The molecule has 0 saturated heterocycles. The predicted octanol–water partition coefficient (Wildman–Crippen LogP) is 3.71. The van der Waals surface area contributed by atoms with Crippen LogP contribution in [-0.2, 0) is 23.8 Å². The van der Waals surface area contributed by atoms with Crippen molar-refractivity contribution in [2.24, 2.45) is 0 Å². The van der Waals surface area contributed by atoms with Gasteiger partial charge in [-0.2, -0.15) is 13.2 Å². The Balaban J connectivity index is 1.38. The van der Waals surface area contributed by atoms with Gasteiger partial charge in [0.2, 0.25) is 5.91 Å². The second kappa shape index (κ2) is 9.96. The molecule has 0 bridgehead atoms. The first kappa shape index (κ1) is 22.8. The third-order valence-electron chi connectivity index (χ3n) is 5.14. The normalized spacial score (nSPS) is 14.1. The van der Waals surface area contributed by atoms with Gasteiger partial charge in [0.05, 0.1) is 5.56 Å². The maximum atomic E-state index is 12.7. The van der Waals surface area contributed by atoms with Crippen molar-refractivity contribution in [2.45, 2.75) is 44.4 Å². The minimum absolute atomic E-state index is 0.0167. The number of rotatable bonds is 9. The Bertz CT molecular complexity index is 943. The van der Waals surface area contributed by atoms with E-state index in [1.807, 2.05) is 12.1 Å². The molecule has 0 aliphatic heterocycles. The maximum absolute atomic E-state index is 12.7. The van der Waals surface area contributed by atoms with E-state index in [-0.39, 0.29) is 37.5 Å². The molecule has 2 N–H and O–H groups in total. The van der Waals surface area contributed by atoms with Crippen molar-refractivity contribution in [2.75, 3.05) is 13.2 Å². The van der Waals surface area contributed by atoms with Crippen LogP contribution in [0.2, 0.25) is 0 Å². The van der Waals surface area contributed by atoms with Crippen LogP contribution in [0.3, 0.4) is 0 Å². The molecule has 1 unspecified atom stereocenters. The molecule has 1 aliphatic carbocycles. The Morgan fingerprint density at radius 2 is 1.84 bits per heavy atom. The van der Waals surface area contributed by atoms with Crippen LogP contribution in [0.5, 0.6) is 5.75 Å². The van der Waals surface area contributed by atoms with Crippen molar-refractivity contribution in [1.82, 2.24) is 5.32 Å². The number of benzene rings is 2. The largest absolute Gasteiger partial charge is 0.491 e. The molecule has 0 heterocycles. The summed E-state index contributed by atoms with van der Waals surface area (Å²) < 4.78 is 43.3. The lowest BCUT2D eigenvalue weighted by Gasteiger charge is -2.14. The summed E-state index contributed by atoms with van der Waals surface area (Å²) in [5.74, 6) is -0.536. The zero-order valence-corrected chi connectivity index (χ0v) is 16.9. The fourth-order valence-corrected chi connectivity index (χ4v) is 3.45. The summed E-state index contributed by atoms with van der Waals surface area (Å²) in [4.78, 5) is 24.3. The summed E-state index contributed by atoms with van der Waals surface area (Å²) in [7, 11) is 0. The smallest absolute Gasteiger partial charge is 0.416 e. The first-order valence-electron chi connectivity index (χ1n) is 10.1. The number of alkyl halides is 3. The molecule has 0 spiro atoms. The zero-order valence-electron chi connectivity index (χ0n) is 16.9. The Hall–Kier alpha value is -2.87. The highest BCUT2D eigenvalue weighted by molar-refractivity contribution is 5.98. The molecule has 1 aliphatic rings. The van der Waals surface area contributed by atoms with Crippen LogP contribution in [0.15, 0.2) is 42.5 Å². The molecule has 1 amide bonds. The van der Waals surface area contributed by atoms with Crippen LogP contribution in [0.25, 0.3) is 0 Å². The number of aryl methyl sites for hydroxylation is 2. The average molecular weight is 435 g/mol. The number of Topliss-reactive ketones (excluding diaryl/α,β-unsaturated/α-hetero) is 1. The van der Waals surface area contributed by atoms with E-state index >= 15 is 0 Å². The van der Waals surface area contributed by atoms with E-state index in [1.165, 1.54) is 23.3 Å². The quantitative estimate of drug-likeness (QED) is 0.589. The SMILES string of the molecule is O=C(CCC(=O)c1ccc2c(c1)CCC2)NCC(O)COc1cccc(C(F)(F)F)c1. The number of halogens is 3. The van der Waals surface area contributed by atoms with Crippen LogP contribution in [0, 0.1) is 0 Å². The van der Waals surface area contributed by atoms with E-state index < -0.39 is 23.8 Å². The summed E-state index contributed by atoms with van der Waals surface area (Å²) in [5, 5.41) is 12.4. The van der Waals surface area contributed by atoms with Crippen LogP contribution in [0.1, 0.15) is 46.3 Å². The second-order valence-corrected chi connectivity index (χ2v) is 7.55. The highest BCUT2D eigenvalue weighted by Crippen LogP contribution is 2.31. The predicted molar refractivity (Wildman–Crippen MR) is 108 cm³/mol. The summed E-state index contributed by atoms with van der Waals surface area (Å²) >= 11 is 0. The molecule has 0 saturated carbocycles. The van der Waals surface area contributed by atoms with Crippen molar-refractivity contribution in [3.05, 3.63) is 64.7 Å². The number of aliphatic hydroxyl groups is 1. The molecule has 2 aromatic rings. The highest BCUT2D eigenvalue weighted by atomic mass is 19.4. The van der Waals surface area contributed by atoms with Gasteiger partial charge in [-0.15, -0.1) is 0 Å². The molecule has 0 fully saturated rings. The van der Waals surface area contributed by atoms with Crippen molar-refractivity contribution >= 4 is 11.7 Å². The number of nitrogens with one attached hydrogen (secondary N) is 1. The summed E-state index contributed by atoms with van der Waals surface area (Å²) in [6, 6.07) is 9.99. The fraction of sp³-hybridized carbons (Fsp3) is 0.391. The van der Waals surface area contributed by atoms with E-state index in [2.05, 4.69) is 5.32 Å². The standard InChI is InChI=1S/C23H24F3NO4/c24-23(25,26)18-5-2-6-20(12-18)31-14-19(28)13-27-22(30)10-9-21(29)17-8-7-15-3-1-4-16(15)11-17/h2,5-8,11-12,19,28H,1,3-4,9-10,13-14H2,(H,27,30). The van der Waals surface area contributed by atoms with Crippen LogP contribution >= 0.6 is 0 Å². The molecule has 1 atom stereocenters. The molecule has 8 heteroatoms. The number of fused-ring (bicyclic) bond motifs is 1. The van der Waals surface area contributed by atoms with Gasteiger partial charge in [-0.3, -0.25) is 9.59 Å². The Morgan fingerprint density at radius 3 is 2.61 bits per heavy atom. The maximum Gasteiger partial charge on any atom is 0.416 e. The Morgan fingerprint density at radius 1 is 1.06 bits per heavy atom. The number of aliphatic hydroxyl groups excluding tert-OH is 1. The van der Waals surface area contributed by atoms with Gasteiger partial charge in [-0.25, -0.2) is 0 Å². The lowest BCUT2D eigenvalue weighted by atomic mass is 10.0. The summed E-state index contributed by atoms with van der Waals surface area (Å²) in [6.07, 6.45) is -2.45. The summed E-state index contributed by atoms with van der Waals surface area (Å²) in [5.41, 5.74) is 2.22. The molecular formula is C23H24F3NO4. The third kappa shape index (κ3) is 6.55. The molecule has 166 valence electrons. The van der Waals surface area contributed by atoms with Gasteiger partial charge in [0.25, 0.3) is 0 Å². The van der Waals surface area contributed by atoms with Gasteiger partial charge in [-0.05, 0) is 54.7 Å². The number of hydrogen-bond donors (Lipinski definition) is 2. The number of carbonyl (C=O) groups excluding carboxylic acids is 2. The van der Waals surface area contributed by atoms with Gasteiger partial charge in [0, 0.05) is 24.9 Å². The van der Waals surface area contributed by atoms with E-state index in [1.54, 1.807) is 6.07 Å².